The molecule has 0 saturated heterocycles. The smallest absolute Gasteiger partial charge is 0.278 e. The van der Waals surface area contributed by atoms with Crippen LogP contribution in [0.2, 0.25) is 0 Å². The highest BCUT2D eigenvalue weighted by atomic mass is 79.9. The zero-order chi connectivity index (χ0) is 15.7. The van der Waals surface area contributed by atoms with Crippen molar-refractivity contribution in [2.24, 2.45) is 0 Å². The summed E-state index contributed by atoms with van der Waals surface area (Å²) in [6.45, 7) is 0. The predicted molar refractivity (Wildman–Crippen MR) is 89.4 cm³/mol. The van der Waals surface area contributed by atoms with Crippen LogP contribution >= 0.6 is 31.9 Å². The molecule has 0 N–H and O–H groups in total. The second-order valence-corrected chi connectivity index (χ2v) is 6.34. The van der Waals surface area contributed by atoms with E-state index in [1.807, 2.05) is 24.3 Å². The summed E-state index contributed by atoms with van der Waals surface area (Å²) in [7, 11) is 0. The Morgan fingerprint density at radius 3 is 2.55 bits per heavy atom. The number of benzene rings is 2. The number of halogens is 2. The van der Waals surface area contributed by atoms with Gasteiger partial charge < -0.3 is 4.52 Å². The van der Waals surface area contributed by atoms with Crippen molar-refractivity contribution in [2.75, 3.05) is 0 Å². The van der Waals surface area contributed by atoms with E-state index in [2.05, 4.69) is 37.0 Å². The van der Waals surface area contributed by atoms with Gasteiger partial charge in [-0.2, -0.15) is 0 Å². The normalized spacial score (nSPS) is 10.6. The summed E-state index contributed by atoms with van der Waals surface area (Å²) in [5, 5.41) is 15.1. The largest absolute Gasteiger partial charge is 0.356 e. The molecule has 0 aliphatic rings. The molecule has 5 nitrogen and oxygen atoms in total. The first-order valence-corrected chi connectivity index (χ1v) is 7.80. The fourth-order valence-corrected chi connectivity index (χ4v) is 2.81. The summed E-state index contributed by atoms with van der Waals surface area (Å²) in [5.74, 6) is 0.547. The Hall–Kier alpha value is -1.99. The summed E-state index contributed by atoms with van der Waals surface area (Å²) < 4.78 is 6.98. The molecule has 0 bridgehead atoms. The average molecular weight is 424 g/mol. The van der Waals surface area contributed by atoms with E-state index in [0.717, 1.165) is 14.5 Å². The molecule has 0 unspecified atom stereocenters. The summed E-state index contributed by atoms with van der Waals surface area (Å²) in [6, 6.07) is 14.0. The van der Waals surface area contributed by atoms with E-state index in [1.165, 1.54) is 6.07 Å². The number of nitrogens with zero attached hydrogens (tertiary/aromatic N) is 2. The van der Waals surface area contributed by atoms with Crippen molar-refractivity contribution in [3.63, 3.8) is 0 Å². The fourth-order valence-electron chi connectivity index (χ4n) is 2.05. The molecule has 0 aliphatic carbocycles. The van der Waals surface area contributed by atoms with Crippen molar-refractivity contribution < 1.29 is 9.45 Å². The highest BCUT2D eigenvalue weighted by Crippen LogP contribution is 2.34. The number of nitro groups is 1. The van der Waals surface area contributed by atoms with E-state index >= 15 is 0 Å². The van der Waals surface area contributed by atoms with Crippen molar-refractivity contribution in [1.29, 1.82) is 0 Å². The van der Waals surface area contributed by atoms with Crippen molar-refractivity contribution in [3.8, 4) is 22.6 Å². The predicted octanol–water partition coefficient (Wildman–Crippen LogP) is 5.44. The van der Waals surface area contributed by atoms with Crippen LogP contribution < -0.4 is 0 Å². The first-order chi connectivity index (χ1) is 10.5. The van der Waals surface area contributed by atoms with Crippen molar-refractivity contribution >= 4 is 37.5 Å². The molecule has 0 fully saturated rings. The molecule has 110 valence electrons. The van der Waals surface area contributed by atoms with Gasteiger partial charge in [0.25, 0.3) is 5.69 Å². The van der Waals surface area contributed by atoms with Crippen LogP contribution in [0.4, 0.5) is 5.69 Å². The molecule has 22 heavy (non-hydrogen) atoms. The molecule has 0 radical (unpaired) electrons. The molecule has 7 heteroatoms. The lowest BCUT2D eigenvalue weighted by Crippen LogP contribution is -1.91. The first-order valence-electron chi connectivity index (χ1n) is 6.21. The molecule has 0 saturated carbocycles. The number of hydrogen-bond acceptors (Lipinski definition) is 4. The highest BCUT2D eigenvalue weighted by molar-refractivity contribution is 9.10. The second-order valence-electron chi connectivity index (χ2n) is 4.51. The SMILES string of the molecule is O=[N+]([O-])c1ccc(Br)cc1-c1cc(-c2cccc(Br)c2)on1. The highest BCUT2D eigenvalue weighted by Gasteiger charge is 2.19. The first kappa shape index (κ1) is 14.9. The molecular formula is C15H8Br2N2O3. The lowest BCUT2D eigenvalue weighted by Gasteiger charge is -1.99. The standard InChI is InChI=1S/C15H8Br2N2O3/c16-10-3-1-2-9(6-10)15-8-13(18-22-15)12-7-11(17)4-5-14(12)19(20)21/h1-8H. The Bertz CT molecular complexity index is 861. The van der Waals surface area contributed by atoms with Crippen LogP contribution in [0, 0.1) is 10.1 Å². The monoisotopic (exact) mass is 422 g/mol. The second kappa shape index (κ2) is 6.02. The summed E-state index contributed by atoms with van der Waals surface area (Å²) in [6.07, 6.45) is 0. The Morgan fingerprint density at radius 2 is 1.82 bits per heavy atom. The number of hydrogen-bond donors (Lipinski definition) is 0. The number of aromatic nitrogens is 1. The van der Waals surface area contributed by atoms with Crippen LogP contribution in [-0.4, -0.2) is 10.1 Å². The van der Waals surface area contributed by atoms with Gasteiger partial charge in [0.05, 0.1) is 10.5 Å². The van der Waals surface area contributed by atoms with E-state index in [0.29, 0.717) is 17.0 Å². The van der Waals surface area contributed by atoms with Gasteiger partial charge in [-0.1, -0.05) is 49.1 Å². The number of nitro benzene ring substituents is 1. The van der Waals surface area contributed by atoms with Crippen LogP contribution in [0.3, 0.4) is 0 Å². The topological polar surface area (TPSA) is 69.2 Å². The van der Waals surface area contributed by atoms with Gasteiger partial charge in [-0.15, -0.1) is 0 Å². The molecular weight excluding hydrogens is 416 g/mol. The third kappa shape index (κ3) is 2.95. The Labute approximate surface area is 142 Å². The molecule has 0 amide bonds. The Morgan fingerprint density at radius 1 is 1.05 bits per heavy atom. The third-order valence-corrected chi connectivity index (χ3v) is 4.04. The van der Waals surface area contributed by atoms with Crippen LogP contribution in [-0.2, 0) is 0 Å². The van der Waals surface area contributed by atoms with Gasteiger partial charge in [0.1, 0.15) is 5.69 Å². The van der Waals surface area contributed by atoms with Gasteiger partial charge in [0.2, 0.25) is 0 Å². The fraction of sp³-hybridized carbons (Fsp3) is 0. The van der Waals surface area contributed by atoms with Crippen molar-refractivity contribution in [1.82, 2.24) is 5.16 Å². The zero-order valence-corrected chi connectivity index (χ0v) is 14.2. The minimum Gasteiger partial charge on any atom is -0.356 e. The molecule has 1 heterocycles. The van der Waals surface area contributed by atoms with Crippen LogP contribution in [0.25, 0.3) is 22.6 Å². The van der Waals surface area contributed by atoms with E-state index in [9.17, 15) is 10.1 Å². The maximum atomic E-state index is 11.2. The summed E-state index contributed by atoms with van der Waals surface area (Å²) in [5.41, 5.74) is 1.65. The third-order valence-electron chi connectivity index (χ3n) is 3.05. The average Bonchev–Trinajstić information content (AvgIpc) is 2.96. The minimum absolute atomic E-state index is 0.0164. The van der Waals surface area contributed by atoms with Gasteiger partial charge >= 0.3 is 0 Å². The molecule has 3 rings (SSSR count). The van der Waals surface area contributed by atoms with Crippen LogP contribution in [0.5, 0.6) is 0 Å². The van der Waals surface area contributed by atoms with Gasteiger partial charge in [-0.25, -0.2) is 0 Å². The van der Waals surface area contributed by atoms with Crippen LogP contribution in [0.15, 0.2) is 62.0 Å². The Balaban J connectivity index is 2.08. The van der Waals surface area contributed by atoms with Gasteiger partial charge in [-0.3, -0.25) is 10.1 Å². The van der Waals surface area contributed by atoms with Crippen molar-refractivity contribution in [3.05, 3.63) is 67.6 Å². The van der Waals surface area contributed by atoms with Gasteiger partial charge in [0, 0.05) is 26.6 Å². The quantitative estimate of drug-likeness (QED) is 0.415. The molecule has 0 atom stereocenters. The maximum Gasteiger partial charge on any atom is 0.278 e. The molecule has 0 aliphatic heterocycles. The van der Waals surface area contributed by atoms with E-state index in [-0.39, 0.29) is 5.69 Å². The lowest BCUT2D eigenvalue weighted by molar-refractivity contribution is -0.384. The molecule has 0 spiro atoms. The van der Waals surface area contributed by atoms with Crippen molar-refractivity contribution in [2.45, 2.75) is 0 Å². The zero-order valence-electron chi connectivity index (χ0n) is 11.0. The Kier molecular flexibility index (Phi) is 4.08. The molecule has 3 aromatic rings. The van der Waals surface area contributed by atoms with Gasteiger partial charge in [-0.05, 0) is 24.3 Å². The number of rotatable bonds is 3. The minimum atomic E-state index is -0.435. The van der Waals surface area contributed by atoms with E-state index in [4.69, 9.17) is 4.52 Å². The van der Waals surface area contributed by atoms with Gasteiger partial charge in [0.15, 0.2) is 5.76 Å². The van der Waals surface area contributed by atoms with E-state index in [1.54, 1.807) is 18.2 Å². The lowest BCUT2D eigenvalue weighted by atomic mass is 10.1. The maximum absolute atomic E-state index is 11.2. The molecule has 2 aromatic carbocycles. The summed E-state index contributed by atoms with van der Waals surface area (Å²) in [4.78, 5) is 10.7. The summed E-state index contributed by atoms with van der Waals surface area (Å²) >= 11 is 6.71. The van der Waals surface area contributed by atoms with E-state index < -0.39 is 4.92 Å². The van der Waals surface area contributed by atoms with Crippen LogP contribution in [0.1, 0.15) is 0 Å². The molecule has 1 aromatic heterocycles.